The fourth-order valence-corrected chi connectivity index (χ4v) is 5.24. The van der Waals surface area contributed by atoms with Crippen LogP contribution < -0.4 is 10.6 Å². The molecule has 0 radical (unpaired) electrons. The van der Waals surface area contributed by atoms with Gasteiger partial charge in [0.1, 0.15) is 0 Å². The molecule has 2 N–H and O–H groups in total. The van der Waals surface area contributed by atoms with Crippen LogP contribution in [0.1, 0.15) is 58.4 Å². The number of amides is 2. The highest BCUT2D eigenvalue weighted by Crippen LogP contribution is 2.43. The van der Waals surface area contributed by atoms with Gasteiger partial charge < -0.3 is 20.3 Å². The molecule has 33 heavy (non-hydrogen) atoms. The molecular weight excluding hydrogens is 414 g/mol. The largest absolute Gasteiger partial charge is 0.388 e. The van der Waals surface area contributed by atoms with Crippen molar-refractivity contribution in [1.29, 1.82) is 0 Å². The van der Waals surface area contributed by atoms with Crippen molar-refractivity contribution in [1.82, 2.24) is 4.90 Å². The molecule has 0 bridgehead atoms. The second-order valence-corrected chi connectivity index (χ2v) is 9.09. The van der Waals surface area contributed by atoms with Crippen molar-refractivity contribution in [2.45, 2.75) is 52.9 Å². The monoisotopic (exact) mass is 449 g/mol. The first kappa shape index (κ1) is 23.3. The van der Waals surface area contributed by atoms with Crippen LogP contribution in [0.15, 0.2) is 46.1 Å². The molecule has 6 nitrogen and oxygen atoms in total. The zero-order valence-corrected chi connectivity index (χ0v) is 20.3. The van der Waals surface area contributed by atoms with Crippen LogP contribution in [0.25, 0.3) is 5.57 Å². The number of morpholine rings is 1. The van der Waals surface area contributed by atoms with Crippen molar-refractivity contribution >= 4 is 28.8 Å². The van der Waals surface area contributed by atoms with Crippen molar-refractivity contribution in [2.24, 2.45) is 0 Å². The van der Waals surface area contributed by atoms with Gasteiger partial charge in [-0.3, -0.25) is 9.59 Å². The number of hydrogen-bond acceptors (Lipinski definition) is 4. The van der Waals surface area contributed by atoms with E-state index >= 15 is 0 Å². The van der Waals surface area contributed by atoms with E-state index in [1.165, 1.54) is 0 Å². The number of nitrogens with one attached hydrogen (secondary N) is 2. The van der Waals surface area contributed by atoms with Crippen LogP contribution in [-0.4, -0.2) is 50.1 Å². The summed E-state index contributed by atoms with van der Waals surface area (Å²) in [7, 11) is 1.88. The Labute approximate surface area is 196 Å². The molecule has 1 fully saturated rings. The number of carbonyl (C=O) groups is 2. The van der Waals surface area contributed by atoms with E-state index in [0.29, 0.717) is 26.3 Å². The summed E-state index contributed by atoms with van der Waals surface area (Å²) >= 11 is 0. The van der Waals surface area contributed by atoms with Gasteiger partial charge in [-0.05, 0) is 74.4 Å². The molecule has 3 aliphatic rings. The van der Waals surface area contributed by atoms with Gasteiger partial charge in [0.2, 0.25) is 0 Å². The van der Waals surface area contributed by atoms with E-state index in [2.05, 4.69) is 31.4 Å². The quantitative estimate of drug-likeness (QED) is 0.627. The summed E-state index contributed by atoms with van der Waals surface area (Å²) in [5.41, 5.74) is 8.78. The lowest BCUT2D eigenvalue weighted by atomic mass is 9.79. The molecule has 2 amide bonds. The first-order valence-electron chi connectivity index (χ1n) is 12.1. The van der Waals surface area contributed by atoms with Gasteiger partial charge in [0.25, 0.3) is 11.8 Å². The first-order chi connectivity index (χ1) is 16.0. The van der Waals surface area contributed by atoms with Gasteiger partial charge in [-0.15, -0.1) is 0 Å². The molecule has 0 saturated carbocycles. The van der Waals surface area contributed by atoms with E-state index in [9.17, 15) is 9.59 Å². The van der Waals surface area contributed by atoms with Gasteiger partial charge in [0.05, 0.1) is 18.8 Å². The second kappa shape index (κ2) is 9.96. The minimum absolute atomic E-state index is 0.0517. The summed E-state index contributed by atoms with van der Waals surface area (Å²) in [5.74, 6) is 0.0581. The van der Waals surface area contributed by atoms with Crippen molar-refractivity contribution in [3.63, 3.8) is 0 Å². The Morgan fingerprint density at radius 1 is 1.21 bits per heavy atom. The number of hydrogen-bond donors (Lipinski definition) is 2. The fourth-order valence-electron chi connectivity index (χ4n) is 5.24. The van der Waals surface area contributed by atoms with E-state index in [0.717, 1.165) is 82.5 Å². The van der Waals surface area contributed by atoms with Crippen molar-refractivity contribution in [3.8, 4) is 0 Å². The molecule has 0 spiro atoms. The van der Waals surface area contributed by atoms with Crippen molar-refractivity contribution in [3.05, 3.63) is 51.6 Å². The molecule has 1 saturated heterocycles. The Kier molecular flexibility index (Phi) is 7.03. The zero-order chi connectivity index (χ0) is 23.5. The number of allylic oxidation sites excluding steroid dienone is 3. The van der Waals surface area contributed by atoms with Crippen LogP contribution in [0.5, 0.6) is 0 Å². The molecule has 176 valence electrons. The number of fused-ring (bicyclic) bond motifs is 1. The molecule has 1 aromatic rings. The van der Waals surface area contributed by atoms with Gasteiger partial charge in [-0.2, -0.15) is 0 Å². The highest BCUT2D eigenvalue weighted by atomic mass is 16.5. The third kappa shape index (κ3) is 4.49. The van der Waals surface area contributed by atoms with Crippen molar-refractivity contribution in [2.75, 3.05) is 44.0 Å². The fraction of sp³-hybridized carbons (Fsp3) is 0.481. The molecule has 1 aliphatic carbocycles. The van der Waals surface area contributed by atoms with E-state index in [4.69, 9.17) is 4.74 Å². The first-order valence-corrected chi connectivity index (χ1v) is 12.1. The standard InChI is InChI=1S/C27H35N3O3/c1-5-7-17(2)24(27(32)30-12-14-33-15-13-30)20-8-6-9-21(18(20)3)25-22-16-19(28-4)10-11-23(22)29-26(25)31/h10-11,16,28H,5-9,12-15H2,1-4H3,(H,29,31)/b24-17+,25-21-. The van der Waals surface area contributed by atoms with Gasteiger partial charge in [-0.1, -0.05) is 18.9 Å². The third-order valence-electron chi connectivity index (χ3n) is 6.98. The maximum absolute atomic E-state index is 13.7. The zero-order valence-electron chi connectivity index (χ0n) is 20.3. The van der Waals surface area contributed by atoms with Crippen LogP contribution in [0.3, 0.4) is 0 Å². The average Bonchev–Trinajstić information content (AvgIpc) is 3.15. The number of anilines is 2. The highest BCUT2D eigenvalue weighted by molar-refractivity contribution is 6.33. The second-order valence-electron chi connectivity index (χ2n) is 9.09. The van der Waals surface area contributed by atoms with Gasteiger partial charge >= 0.3 is 0 Å². The summed E-state index contributed by atoms with van der Waals surface area (Å²) in [4.78, 5) is 28.7. The predicted molar refractivity (Wildman–Crippen MR) is 133 cm³/mol. The highest BCUT2D eigenvalue weighted by Gasteiger charge is 2.33. The lowest BCUT2D eigenvalue weighted by molar-refractivity contribution is -0.131. The Balaban J connectivity index is 1.84. The van der Waals surface area contributed by atoms with Gasteiger partial charge in [0, 0.05) is 42.6 Å². The predicted octanol–water partition coefficient (Wildman–Crippen LogP) is 4.91. The smallest absolute Gasteiger partial charge is 0.256 e. The topological polar surface area (TPSA) is 70.7 Å². The Bertz CT molecular complexity index is 1060. The molecule has 1 aromatic carbocycles. The maximum atomic E-state index is 13.7. The average molecular weight is 450 g/mol. The van der Waals surface area contributed by atoms with E-state index in [-0.39, 0.29) is 11.8 Å². The van der Waals surface area contributed by atoms with Gasteiger partial charge in [0.15, 0.2) is 0 Å². The van der Waals surface area contributed by atoms with Gasteiger partial charge in [-0.25, -0.2) is 0 Å². The van der Waals surface area contributed by atoms with Crippen LogP contribution in [0.4, 0.5) is 11.4 Å². The van der Waals surface area contributed by atoms with E-state index in [1.54, 1.807) is 0 Å². The lowest BCUT2D eigenvalue weighted by Crippen LogP contribution is -2.42. The number of rotatable bonds is 5. The normalized spacial score (nSPS) is 21.6. The minimum atomic E-state index is -0.0517. The van der Waals surface area contributed by atoms with E-state index < -0.39 is 0 Å². The maximum Gasteiger partial charge on any atom is 0.256 e. The molecule has 4 rings (SSSR count). The number of carbonyl (C=O) groups excluding carboxylic acids is 2. The summed E-state index contributed by atoms with van der Waals surface area (Å²) < 4.78 is 5.47. The molecule has 2 heterocycles. The summed E-state index contributed by atoms with van der Waals surface area (Å²) in [6.45, 7) is 8.77. The Hall–Kier alpha value is -2.86. The lowest BCUT2D eigenvalue weighted by Gasteiger charge is -2.31. The molecule has 0 atom stereocenters. The third-order valence-corrected chi connectivity index (χ3v) is 6.98. The Morgan fingerprint density at radius 2 is 1.97 bits per heavy atom. The molecule has 2 aliphatic heterocycles. The van der Waals surface area contributed by atoms with Crippen LogP contribution >= 0.6 is 0 Å². The molecule has 0 aromatic heterocycles. The summed E-state index contributed by atoms with van der Waals surface area (Å²) in [6.07, 6.45) is 4.52. The number of nitrogens with zero attached hydrogens (tertiary/aromatic N) is 1. The molecular formula is C27H35N3O3. The van der Waals surface area contributed by atoms with Crippen LogP contribution in [-0.2, 0) is 14.3 Å². The minimum Gasteiger partial charge on any atom is -0.388 e. The molecule has 0 unspecified atom stereocenters. The van der Waals surface area contributed by atoms with E-state index in [1.807, 2.05) is 30.1 Å². The summed E-state index contributed by atoms with van der Waals surface area (Å²) in [5, 5.41) is 6.20. The Morgan fingerprint density at radius 3 is 2.67 bits per heavy atom. The van der Waals surface area contributed by atoms with Crippen LogP contribution in [0, 0.1) is 0 Å². The number of ether oxygens (including phenoxy) is 1. The van der Waals surface area contributed by atoms with Crippen molar-refractivity contribution < 1.29 is 14.3 Å². The number of benzene rings is 1. The summed E-state index contributed by atoms with van der Waals surface area (Å²) in [6, 6.07) is 5.96. The van der Waals surface area contributed by atoms with Crippen LogP contribution in [0.2, 0.25) is 0 Å². The SMILES string of the molecule is CCC/C(C)=C(/C(=O)N1CCOCC1)C1=C(C)/C(=C2\C(=O)Nc3ccc(NC)cc32)CCC1. The molecule has 6 heteroatoms.